The molecule has 0 bridgehead atoms. The fourth-order valence-corrected chi connectivity index (χ4v) is 2.69. The predicted octanol–water partition coefficient (Wildman–Crippen LogP) is 1.06. The first-order valence-corrected chi connectivity index (χ1v) is 7.12. The van der Waals surface area contributed by atoms with Crippen LogP contribution in [0.25, 0.3) is 11.4 Å². The quantitative estimate of drug-likeness (QED) is 0.854. The molecule has 1 aliphatic rings. The highest BCUT2D eigenvalue weighted by atomic mass is 16.4. The van der Waals surface area contributed by atoms with Crippen LogP contribution in [0.4, 0.5) is 0 Å². The lowest BCUT2D eigenvalue weighted by molar-refractivity contribution is -0.138. The van der Waals surface area contributed by atoms with Gasteiger partial charge in [-0.3, -0.25) is 9.48 Å². The molecule has 1 saturated carbocycles. The molecule has 8 heteroatoms. The first-order chi connectivity index (χ1) is 10.1. The van der Waals surface area contributed by atoms with Gasteiger partial charge in [-0.25, -0.2) is 4.68 Å². The van der Waals surface area contributed by atoms with Crippen molar-refractivity contribution in [3.63, 3.8) is 0 Å². The third-order valence-electron chi connectivity index (χ3n) is 3.84. The van der Waals surface area contributed by atoms with Crippen molar-refractivity contribution in [3.8, 4) is 11.4 Å². The fourth-order valence-electron chi connectivity index (χ4n) is 2.69. The second kappa shape index (κ2) is 5.27. The van der Waals surface area contributed by atoms with Crippen LogP contribution in [0.1, 0.15) is 37.9 Å². The summed E-state index contributed by atoms with van der Waals surface area (Å²) in [4.78, 5) is 11.1. The number of carboxylic acid groups (broad SMARTS) is 1. The van der Waals surface area contributed by atoms with E-state index in [1.807, 2.05) is 20.2 Å². The van der Waals surface area contributed by atoms with Crippen molar-refractivity contribution >= 4 is 5.97 Å². The number of aliphatic carboxylic acids is 1. The summed E-state index contributed by atoms with van der Waals surface area (Å²) in [6, 6.07) is -0.183. The van der Waals surface area contributed by atoms with Gasteiger partial charge in [0.2, 0.25) is 0 Å². The van der Waals surface area contributed by atoms with Crippen LogP contribution in [-0.4, -0.2) is 41.1 Å². The van der Waals surface area contributed by atoms with E-state index in [9.17, 15) is 4.79 Å². The highest BCUT2D eigenvalue weighted by molar-refractivity contribution is 5.67. The predicted molar refractivity (Wildman–Crippen MR) is 73.4 cm³/mol. The second-order valence-electron chi connectivity index (χ2n) is 5.47. The largest absolute Gasteiger partial charge is 0.481 e. The molecular weight excluding hydrogens is 272 g/mol. The number of aromatic nitrogens is 6. The van der Waals surface area contributed by atoms with E-state index in [0.29, 0.717) is 11.7 Å². The Bertz CT molecular complexity index is 657. The van der Waals surface area contributed by atoms with E-state index in [-0.39, 0.29) is 12.5 Å². The maximum Gasteiger partial charge on any atom is 0.305 e. The van der Waals surface area contributed by atoms with Gasteiger partial charge in [0.1, 0.15) is 0 Å². The Morgan fingerprint density at radius 1 is 1.52 bits per heavy atom. The molecule has 1 aliphatic carbocycles. The Balaban J connectivity index is 2.01. The summed E-state index contributed by atoms with van der Waals surface area (Å²) in [6.07, 6.45) is 4.77. The van der Waals surface area contributed by atoms with Gasteiger partial charge in [0.05, 0.1) is 23.7 Å². The normalized spacial score (nSPS) is 16.1. The molecule has 0 saturated heterocycles. The number of rotatable bonds is 6. The number of carboxylic acids is 1. The zero-order valence-electron chi connectivity index (χ0n) is 12.1. The zero-order valence-corrected chi connectivity index (χ0v) is 12.1. The van der Waals surface area contributed by atoms with Crippen LogP contribution in [-0.2, 0) is 18.3 Å². The highest BCUT2D eigenvalue weighted by Crippen LogP contribution is 2.42. The van der Waals surface area contributed by atoms with E-state index in [4.69, 9.17) is 5.11 Å². The van der Waals surface area contributed by atoms with Crippen LogP contribution in [0.5, 0.6) is 0 Å². The van der Waals surface area contributed by atoms with E-state index in [1.165, 1.54) is 0 Å². The van der Waals surface area contributed by atoms with E-state index in [2.05, 4.69) is 20.6 Å². The molecule has 0 amide bonds. The van der Waals surface area contributed by atoms with Gasteiger partial charge in [-0.05, 0) is 35.6 Å². The van der Waals surface area contributed by atoms with Crippen molar-refractivity contribution in [3.05, 3.63) is 11.9 Å². The topological polar surface area (TPSA) is 98.7 Å². The SMILES string of the molecule is CCc1nn(C)cc1-c1nnnn1C(CC(=O)O)C1CC1. The number of tetrazole rings is 1. The number of hydrogen-bond donors (Lipinski definition) is 1. The minimum absolute atomic E-state index is 0.0461. The Hall–Kier alpha value is -2.25. The molecule has 2 heterocycles. The van der Waals surface area contributed by atoms with E-state index >= 15 is 0 Å². The molecule has 0 aliphatic heterocycles. The monoisotopic (exact) mass is 290 g/mol. The summed E-state index contributed by atoms with van der Waals surface area (Å²) in [5, 5.41) is 25.4. The van der Waals surface area contributed by atoms with Crippen molar-refractivity contribution < 1.29 is 9.90 Å². The number of nitrogens with zero attached hydrogens (tertiary/aromatic N) is 6. The van der Waals surface area contributed by atoms with Crippen LogP contribution in [0.3, 0.4) is 0 Å². The molecule has 1 fully saturated rings. The number of aryl methyl sites for hydroxylation is 2. The Labute approximate surface area is 121 Å². The molecule has 3 rings (SSSR count). The third-order valence-corrected chi connectivity index (χ3v) is 3.84. The molecule has 21 heavy (non-hydrogen) atoms. The molecule has 0 aromatic carbocycles. The number of carbonyl (C=O) groups is 1. The van der Waals surface area contributed by atoms with E-state index in [0.717, 1.165) is 30.5 Å². The van der Waals surface area contributed by atoms with Crippen LogP contribution >= 0.6 is 0 Å². The van der Waals surface area contributed by atoms with Gasteiger partial charge in [0.15, 0.2) is 5.82 Å². The average molecular weight is 290 g/mol. The Morgan fingerprint density at radius 3 is 2.90 bits per heavy atom. The van der Waals surface area contributed by atoms with Gasteiger partial charge >= 0.3 is 5.97 Å². The van der Waals surface area contributed by atoms with Gasteiger partial charge in [0, 0.05) is 13.2 Å². The van der Waals surface area contributed by atoms with Crippen LogP contribution in [0.2, 0.25) is 0 Å². The van der Waals surface area contributed by atoms with Crippen LogP contribution in [0, 0.1) is 5.92 Å². The lowest BCUT2D eigenvalue weighted by Gasteiger charge is -2.15. The summed E-state index contributed by atoms with van der Waals surface area (Å²) in [7, 11) is 1.85. The highest BCUT2D eigenvalue weighted by Gasteiger charge is 2.36. The minimum atomic E-state index is -0.824. The summed E-state index contributed by atoms with van der Waals surface area (Å²) < 4.78 is 3.40. The van der Waals surface area contributed by atoms with Gasteiger partial charge < -0.3 is 5.11 Å². The summed E-state index contributed by atoms with van der Waals surface area (Å²) in [5.41, 5.74) is 1.79. The van der Waals surface area contributed by atoms with E-state index in [1.54, 1.807) is 9.36 Å². The van der Waals surface area contributed by atoms with Gasteiger partial charge in [-0.15, -0.1) is 5.10 Å². The first kappa shape index (κ1) is 13.7. The molecule has 112 valence electrons. The smallest absolute Gasteiger partial charge is 0.305 e. The standard InChI is InChI=1S/C13H18N6O2/c1-3-10-9(7-18(2)15-10)13-14-16-17-19(13)11(6-12(20)21)8-4-5-8/h7-8,11H,3-6H2,1-2H3,(H,20,21). The van der Waals surface area contributed by atoms with Gasteiger partial charge in [0.25, 0.3) is 0 Å². The lowest BCUT2D eigenvalue weighted by atomic mass is 10.1. The maximum atomic E-state index is 11.1. The molecule has 8 nitrogen and oxygen atoms in total. The van der Waals surface area contributed by atoms with Crippen molar-refractivity contribution in [2.45, 2.75) is 38.6 Å². The fraction of sp³-hybridized carbons (Fsp3) is 0.615. The van der Waals surface area contributed by atoms with E-state index < -0.39 is 5.97 Å². The van der Waals surface area contributed by atoms with Crippen molar-refractivity contribution in [2.24, 2.45) is 13.0 Å². The van der Waals surface area contributed by atoms with Crippen LogP contribution in [0.15, 0.2) is 6.20 Å². The summed E-state index contributed by atoms with van der Waals surface area (Å²) in [5.74, 6) is 0.137. The molecule has 2 aromatic heterocycles. The lowest BCUT2D eigenvalue weighted by Crippen LogP contribution is -2.18. The average Bonchev–Trinajstić information content (AvgIpc) is 3.04. The maximum absolute atomic E-state index is 11.1. The molecule has 0 radical (unpaired) electrons. The molecule has 2 aromatic rings. The van der Waals surface area contributed by atoms with Crippen LogP contribution < -0.4 is 0 Å². The van der Waals surface area contributed by atoms with Crippen molar-refractivity contribution in [2.75, 3.05) is 0 Å². The van der Waals surface area contributed by atoms with Gasteiger partial charge in [-0.1, -0.05) is 6.92 Å². The molecule has 1 N–H and O–H groups in total. The minimum Gasteiger partial charge on any atom is -0.481 e. The Kier molecular flexibility index (Phi) is 3.44. The number of hydrogen-bond acceptors (Lipinski definition) is 5. The summed E-state index contributed by atoms with van der Waals surface area (Å²) in [6.45, 7) is 2.02. The molecule has 1 unspecified atom stereocenters. The second-order valence-corrected chi connectivity index (χ2v) is 5.47. The molecule has 0 spiro atoms. The zero-order chi connectivity index (χ0) is 15.0. The van der Waals surface area contributed by atoms with Crippen molar-refractivity contribution in [1.29, 1.82) is 0 Å². The van der Waals surface area contributed by atoms with Crippen molar-refractivity contribution in [1.82, 2.24) is 30.0 Å². The third kappa shape index (κ3) is 2.65. The summed E-state index contributed by atoms with van der Waals surface area (Å²) >= 11 is 0. The Morgan fingerprint density at radius 2 is 2.29 bits per heavy atom. The molecule has 1 atom stereocenters. The molecular formula is C13H18N6O2. The van der Waals surface area contributed by atoms with Gasteiger partial charge in [-0.2, -0.15) is 5.10 Å². The first-order valence-electron chi connectivity index (χ1n) is 7.12.